The van der Waals surface area contributed by atoms with Crippen LogP contribution in [0.3, 0.4) is 0 Å². The van der Waals surface area contributed by atoms with E-state index in [1.165, 1.54) is 5.56 Å². The minimum atomic E-state index is 0.117. The second-order valence-corrected chi connectivity index (χ2v) is 3.40. The molecule has 1 atom stereocenters. The third-order valence-electron chi connectivity index (χ3n) is 2.46. The molecule has 0 spiro atoms. The summed E-state index contributed by atoms with van der Waals surface area (Å²) in [5.74, 6) is 0. The predicted molar refractivity (Wildman–Crippen MR) is 50.3 cm³/mol. The van der Waals surface area contributed by atoms with Crippen LogP contribution in [-0.4, -0.2) is 11.7 Å². The fraction of sp³-hybridized carbons (Fsp3) is 0.455. The van der Waals surface area contributed by atoms with E-state index in [0.29, 0.717) is 0 Å². The van der Waals surface area contributed by atoms with Crippen LogP contribution in [0.5, 0.6) is 0 Å². The monoisotopic (exact) mass is 178 g/mol. The molecule has 1 aliphatic rings. The molecule has 1 aromatic carbocycles. The van der Waals surface area contributed by atoms with Gasteiger partial charge in [0.15, 0.2) is 0 Å². The third-order valence-corrected chi connectivity index (χ3v) is 2.46. The molecular formula is C11H14O2. The summed E-state index contributed by atoms with van der Waals surface area (Å²) in [5, 5.41) is 8.86. The molecule has 0 aromatic heterocycles. The SMILES string of the molecule is OCc1ccc(C2CCCO2)cc1. The molecule has 1 aliphatic heterocycles. The quantitative estimate of drug-likeness (QED) is 0.750. The predicted octanol–water partition coefficient (Wildman–Crippen LogP) is 2.03. The molecule has 1 aromatic rings. The van der Waals surface area contributed by atoms with Crippen LogP contribution in [0.1, 0.15) is 30.1 Å². The zero-order chi connectivity index (χ0) is 9.10. The van der Waals surface area contributed by atoms with Gasteiger partial charge in [-0.3, -0.25) is 0 Å². The van der Waals surface area contributed by atoms with Crippen molar-refractivity contribution in [1.82, 2.24) is 0 Å². The molecule has 13 heavy (non-hydrogen) atoms. The molecule has 1 heterocycles. The minimum Gasteiger partial charge on any atom is -0.392 e. The lowest BCUT2D eigenvalue weighted by molar-refractivity contribution is 0.112. The fourth-order valence-corrected chi connectivity index (χ4v) is 1.68. The Labute approximate surface area is 78.2 Å². The maximum Gasteiger partial charge on any atom is 0.0825 e. The van der Waals surface area contributed by atoms with Gasteiger partial charge in [-0.05, 0) is 24.0 Å². The number of aliphatic hydroxyl groups excluding tert-OH is 1. The zero-order valence-corrected chi connectivity index (χ0v) is 7.57. The third kappa shape index (κ3) is 1.90. The van der Waals surface area contributed by atoms with Crippen molar-refractivity contribution < 1.29 is 9.84 Å². The van der Waals surface area contributed by atoms with Crippen LogP contribution in [0.4, 0.5) is 0 Å². The molecule has 1 saturated heterocycles. The molecule has 0 radical (unpaired) electrons. The highest BCUT2D eigenvalue weighted by Crippen LogP contribution is 2.28. The number of hydrogen-bond acceptors (Lipinski definition) is 2. The molecule has 0 aliphatic carbocycles. The first-order valence-electron chi connectivity index (χ1n) is 4.71. The number of ether oxygens (including phenoxy) is 1. The Morgan fingerprint density at radius 2 is 2.08 bits per heavy atom. The van der Waals surface area contributed by atoms with Crippen molar-refractivity contribution >= 4 is 0 Å². The Hall–Kier alpha value is -0.860. The van der Waals surface area contributed by atoms with Crippen molar-refractivity contribution in [2.75, 3.05) is 6.61 Å². The maximum absolute atomic E-state index is 8.86. The molecular weight excluding hydrogens is 164 g/mol. The lowest BCUT2D eigenvalue weighted by Gasteiger charge is -2.09. The second kappa shape index (κ2) is 3.90. The summed E-state index contributed by atoms with van der Waals surface area (Å²) in [6.45, 7) is 0.998. The molecule has 0 saturated carbocycles. The van der Waals surface area contributed by atoms with Gasteiger partial charge in [-0.1, -0.05) is 24.3 Å². The largest absolute Gasteiger partial charge is 0.392 e. The van der Waals surface area contributed by atoms with E-state index in [-0.39, 0.29) is 12.7 Å². The van der Waals surface area contributed by atoms with E-state index < -0.39 is 0 Å². The van der Waals surface area contributed by atoms with Gasteiger partial charge < -0.3 is 9.84 Å². The standard InChI is InChI=1S/C11H14O2/c12-8-9-3-5-10(6-4-9)11-2-1-7-13-11/h3-6,11-12H,1-2,7-8H2. The van der Waals surface area contributed by atoms with Gasteiger partial charge in [0.2, 0.25) is 0 Å². The van der Waals surface area contributed by atoms with Crippen LogP contribution >= 0.6 is 0 Å². The van der Waals surface area contributed by atoms with Crippen LogP contribution in [0.2, 0.25) is 0 Å². The van der Waals surface area contributed by atoms with Crippen molar-refractivity contribution in [3.05, 3.63) is 35.4 Å². The lowest BCUT2D eigenvalue weighted by Crippen LogP contribution is -1.95. The molecule has 2 nitrogen and oxygen atoms in total. The first-order chi connectivity index (χ1) is 6.40. The summed E-state index contributed by atoms with van der Waals surface area (Å²) < 4.78 is 5.55. The summed E-state index contributed by atoms with van der Waals surface area (Å²) in [6.07, 6.45) is 2.57. The summed E-state index contributed by atoms with van der Waals surface area (Å²) >= 11 is 0. The Morgan fingerprint density at radius 1 is 1.31 bits per heavy atom. The van der Waals surface area contributed by atoms with Crippen LogP contribution < -0.4 is 0 Å². The number of hydrogen-bond donors (Lipinski definition) is 1. The Kier molecular flexibility index (Phi) is 2.62. The highest BCUT2D eigenvalue weighted by Gasteiger charge is 2.16. The van der Waals surface area contributed by atoms with E-state index in [1.54, 1.807) is 0 Å². The fourth-order valence-electron chi connectivity index (χ4n) is 1.68. The Bertz CT molecular complexity index is 260. The van der Waals surface area contributed by atoms with Gasteiger partial charge in [-0.15, -0.1) is 0 Å². The first kappa shape index (κ1) is 8.73. The smallest absolute Gasteiger partial charge is 0.0825 e. The van der Waals surface area contributed by atoms with Gasteiger partial charge in [0.25, 0.3) is 0 Å². The summed E-state index contributed by atoms with van der Waals surface area (Å²) in [4.78, 5) is 0. The van der Waals surface area contributed by atoms with E-state index in [1.807, 2.05) is 24.3 Å². The van der Waals surface area contributed by atoms with E-state index in [9.17, 15) is 0 Å². The number of aliphatic hydroxyl groups is 1. The molecule has 70 valence electrons. The molecule has 2 heteroatoms. The average Bonchev–Trinajstić information content (AvgIpc) is 2.71. The molecule has 0 amide bonds. The van der Waals surface area contributed by atoms with E-state index in [0.717, 1.165) is 25.0 Å². The second-order valence-electron chi connectivity index (χ2n) is 3.40. The highest BCUT2D eigenvalue weighted by molar-refractivity contribution is 5.24. The van der Waals surface area contributed by atoms with Gasteiger partial charge in [-0.25, -0.2) is 0 Å². The highest BCUT2D eigenvalue weighted by atomic mass is 16.5. The van der Waals surface area contributed by atoms with Crippen molar-refractivity contribution in [1.29, 1.82) is 0 Å². The first-order valence-corrected chi connectivity index (χ1v) is 4.71. The normalized spacial score (nSPS) is 22.1. The van der Waals surface area contributed by atoms with Crippen LogP contribution in [-0.2, 0) is 11.3 Å². The van der Waals surface area contributed by atoms with Crippen LogP contribution in [0.25, 0.3) is 0 Å². The molecule has 1 N–H and O–H groups in total. The van der Waals surface area contributed by atoms with Gasteiger partial charge in [-0.2, -0.15) is 0 Å². The Balaban J connectivity index is 2.12. The number of benzene rings is 1. The van der Waals surface area contributed by atoms with Crippen molar-refractivity contribution in [2.24, 2.45) is 0 Å². The van der Waals surface area contributed by atoms with Gasteiger partial charge in [0, 0.05) is 6.61 Å². The average molecular weight is 178 g/mol. The number of rotatable bonds is 2. The molecule has 2 rings (SSSR count). The van der Waals surface area contributed by atoms with Crippen LogP contribution in [0, 0.1) is 0 Å². The van der Waals surface area contributed by atoms with E-state index in [4.69, 9.17) is 9.84 Å². The minimum absolute atomic E-state index is 0.117. The lowest BCUT2D eigenvalue weighted by atomic mass is 10.1. The van der Waals surface area contributed by atoms with Crippen LogP contribution in [0.15, 0.2) is 24.3 Å². The Morgan fingerprint density at radius 3 is 2.62 bits per heavy atom. The maximum atomic E-state index is 8.86. The molecule has 0 bridgehead atoms. The van der Waals surface area contributed by atoms with Gasteiger partial charge >= 0.3 is 0 Å². The zero-order valence-electron chi connectivity index (χ0n) is 7.57. The van der Waals surface area contributed by atoms with E-state index in [2.05, 4.69) is 0 Å². The van der Waals surface area contributed by atoms with Gasteiger partial charge in [0.05, 0.1) is 12.7 Å². The van der Waals surface area contributed by atoms with E-state index >= 15 is 0 Å². The van der Waals surface area contributed by atoms with Crippen molar-refractivity contribution in [3.8, 4) is 0 Å². The molecule has 1 fully saturated rings. The summed E-state index contributed by atoms with van der Waals surface area (Å²) in [7, 11) is 0. The van der Waals surface area contributed by atoms with Crippen molar-refractivity contribution in [3.63, 3.8) is 0 Å². The summed E-state index contributed by atoms with van der Waals surface area (Å²) in [6, 6.07) is 8.00. The van der Waals surface area contributed by atoms with Crippen molar-refractivity contribution in [2.45, 2.75) is 25.6 Å². The van der Waals surface area contributed by atoms with Gasteiger partial charge in [0.1, 0.15) is 0 Å². The summed E-state index contributed by atoms with van der Waals surface area (Å²) in [5.41, 5.74) is 2.19. The molecule has 1 unspecified atom stereocenters. The topological polar surface area (TPSA) is 29.5 Å².